The molecule has 0 aliphatic heterocycles. The molecule has 2 aliphatic carbocycles. The molecule has 0 heterocycles. The minimum Gasteiger partial charge on any atom is -0.465 e. The van der Waals surface area contributed by atoms with E-state index in [0.29, 0.717) is 48.2 Å². The molecule has 1 unspecified atom stereocenters. The summed E-state index contributed by atoms with van der Waals surface area (Å²) in [6, 6.07) is 13.0. The number of amides is 1. The molecule has 0 saturated heterocycles. The monoisotopic (exact) mass is 722 g/mol. The summed E-state index contributed by atoms with van der Waals surface area (Å²) < 4.78 is 55.8. The van der Waals surface area contributed by atoms with Gasteiger partial charge in [-0.1, -0.05) is 73.2 Å². The second-order valence-corrected chi connectivity index (χ2v) is 13.0. The van der Waals surface area contributed by atoms with Gasteiger partial charge in [-0.25, -0.2) is 0 Å². The first-order valence-corrected chi connectivity index (χ1v) is 17.2. The van der Waals surface area contributed by atoms with Gasteiger partial charge in [-0.3, -0.25) is 19.2 Å². The zero-order chi connectivity index (χ0) is 38.1. The summed E-state index contributed by atoms with van der Waals surface area (Å²) in [5, 5.41) is 3.07. The molecule has 0 saturated carbocycles. The number of hydrogen-bond acceptors (Lipinski definition) is 8. The molecular weight excluding hydrogens is 677 g/mol. The molecule has 4 rings (SSSR count). The number of carbonyl (C=O) groups is 4. The SMILES string of the molecule is CCOC(=O)C(COC(=O)CC1=CC(CN(C)C)=C(NC(=O)C2=C(c3ccc(C(F)(F)F)cc3)C=CCC2C)CC1)(C(=O)OCC)c1ccccc1. The van der Waals surface area contributed by atoms with Crippen molar-refractivity contribution >= 4 is 29.4 Å². The minimum atomic E-state index is -4.47. The maximum atomic E-state index is 13.9. The Labute approximate surface area is 302 Å². The molecule has 1 N–H and O–H groups in total. The highest BCUT2D eigenvalue weighted by Gasteiger charge is 2.52. The second kappa shape index (κ2) is 17.5. The van der Waals surface area contributed by atoms with Crippen LogP contribution in [0.4, 0.5) is 13.2 Å². The molecular formula is C40H45F3N2O7. The van der Waals surface area contributed by atoms with Crippen molar-refractivity contribution in [3.05, 3.63) is 112 Å². The first-order chi connectivity index (χ1) is 24.7. The van der Waals surface area contributed by atoms with Crippen LogP contribution in [0.15, 0.2) is 95.2 Å². The van der Waals surface area contributed by atoms with E-state index in [-0.39, 0.29) is 37.0 Å². The number of carbonyl (C=O) groups excluding carboxylic acids is 4. The van der Waals surface area contributed by atoms with E-state index in [2.05, 4.69) is 5.32 Å². The molecule has 2 aliphatic rings. The quantitative estimate of drug-likeness (QED) is 0.130. The van der Waals surface area contributed by atoms with Gasteiger partial charge in [0, 0.05) is 17.8 Å². The second-order valence-electron chi connectivity index (χ2n) is 13.0. The van der Waals surface area contributed by atoms with E-state index in [0.717, 1.165) is 23.3 Å². The van der Waals surface area contributed by atoms with E-state index in [4.69, 9.17) is 14.2 Å². The highest BCUT2D eigenvalue weighted by molar-refractivity contribution is 6.07. The summed E-state index contributed by atoms with van der Waals surface area (Å²) >= 11 is 0. The highest BCUT2D eigenvalue weighted by Crippen LogP contribution is 2.36. The fourth-order valence-electron chi connectivity index (χ4n) is 6.30. The van der Waals surface area contributed by atoms with Crippen molar-refractivity contribution in [3.63, 3.8) is 0 Å². The van der Waals surface area contributed by atoms with E-state index in [1.54, 1.807) is 50.3 Å². The maximum Gasteiger partial charge on any atom is 0.416 e. The molecule has 1 atom stereocenters. The van der Waals surface area contributed by atoms with Gasteiger partial charge in [0.1, 0.15) is 6.61 Å². The highest BCUT2D eigenvalue weighted by atomic mass is 19.4. The van der Waals surface area contributed by atoms with Crippen LogP contribution < -0.4 is 5.32 Å². The van der Waals surface area contributed by atoms with Gasteiger partial charge in [0.05, 0.1) is 25.2 Å². The molecule has 0 bridgehead atoms. The Morgan fingerprint density at radius 1 is 0.865 bits per heavy atom. The number of halogens is 3. The number of allylic oxidation sites excluding steroid dienone is 4. The molecule has 0 spiro atoms. The molecule has 52 heavy (non-hydrogen) atoms. The summed E-state index contributed by atoms with van der Waals surface area (Å²) in [6.07, 6.45) is 2.34. The number of benzene rings is 2. The lowest BCUT2D eigenvalue weighted by atomic mass is 9.81. The average Bonchev–Trinajstić information content (AvgIpc) is 3.09. The molecule has 9 nitrogen and oxygen atoms in total. The summed E-state index contributed by atoms with van der Waals surface area (Å²) in [5.74, 6) is -2.96. The van der Waals surface area contributed by atoms with Crippen LogP contribution in [0.2, 0.25) is 0 Å². The molecule has 0 fully saturated rings. The van der Waals surface area contributed by atoms with Crippen LogP contribution in [0.1, 0.15) is 63.1 Å². The lowest BCUT2D eigenvalue weighted by Crippen LogP contribution is -2.50. The van der Waals surface area contributed by atoms with E-state index >= 15 is 0 Å². The fourth-order valence-corrected chi connectivity index (χ4v) is 6.30. The first-order valence-electron chi connectivity index (χ1n) is 17.2. The number of hydrogen-bond donors (Lipinski definition) is 1. The zero-order valence-electron chi connectivity index (χ0n) is 30.1. The summed E-state index contributed by atoms with van der Waals surface area (Å²) in [7, 11) is 3.74. The normalized spacial score (nSPS) is 16.4. The summed E-state index contributed by atoms with van der Waals surface area (Å²) in [4.78, 5) is 55.7. The van der Waals surface area contributed by atoms with E-state index < -0.39 is 41.7 Å². The molecule has 0 radical (unpaired) electrons. The van der Waals surface area contributed by atoms with Crippen LogP contribution in [0, 0.1) is 5.92 Å². The number of likely N-dealkylation sites (N-methyl/N-ethyl adjacent to an activating group) is 1. The van der Waals surface area contributed by atoms with Gasteiger partial charge in [0.2, 0.25) is 5.41 Å². The van der Waals surface area contributed by atoms with Gasteiger partial charge >= 0.3 is 24.1 Å². The number of esters is 3. The lowest BCUT2D eigenvalue weighted by Gasteiger charge is -2.29. The van der Waals surface area contributed by atoms with Crippen molar-refractivity contribution in [2.75, 3.05) is 40.5 Å². The largest absolute Gasteiger partial charge is 0.465 e. The van der Waals surface area contributed by atoms with E-state index in [9.17, 15) is 32.3 Å². The molecule has 12 heteroatoms. The van der Waals surface area contributed by atoms with E-state index in [1.165, 1.54) is 12.1 Å². The molecule has 278 valence electrons. The van der Waals surface area contributed by atoms with Crippen LogP contribution in [0.5, 0.6) is 0 Å². The predicted molar refractivity (Wildman–Crippen MR) is 189 cm³/mol. The van der Waals surface area contributed by atoms with Gasteiger partial charge in [0.15, 0.2) is 0 Å². The standard InChI is InChI=1S/C40H45F3N2O7/c1-6-50-37(48)39(38(49)51-7-2,30-13-9-8-10-14-30)25-52-34(46)23-27-16-21-33(29(22-27)24-45(4)5)44-36(47)35-26(3)12-11-15-32(35)28-17-19-31(20-18-28)40(41,42)43/h8-11,13-15,17-20,22,26H,6-7,12,16,21,23-25H2,1-5H3,(H,44,47). The average molecular weight is 723 g/mol. The lowest BCUT2D eigenvalue weighted by molar-refractivity contribution is -0.170. The third-order valence-electron chi connectivity index (χ3n) is 8.87. The van der Waals surface area contributed by atoms with Crippen molar-refractivity contribution in [1.82, 2.24) is 10.2 Å². The molecule has 1 amide bonds. The number of ether oxygens (including phenoxy) is 3. The summed E-state index contributed by atoms with van der Waals surface area (Å²) in [5.41, 5.74) is 1.21. The molecule has 0 aromatic heterocycles. The third kappa shape index (κ3) is 9.47. The van der Waals surface area contributed by atoms with Gasteiger partial charge in [-0.05, 0) is 87.5 Å². The van der Waals surface area contributed by atoms with Crippen molar-refractivity contribution in [1.29, 1.82) is 0 Å². The Bertz CT molecular complexity index is 1740. The Balaban J connectivity index is 1.58. The van der Waals surface area contributed by atoms with E-state index in [1.807, 2.05) is 38.1 Å². The van der Waals surface area contributed by atoms with Crippen molar-refractivity contribution in [2.24, 2.45) is 5.92 Å². The number of nitrogens with zero attached hydrogens (tertiary/aromatic N) is 1. The fraction of sp³-hybridized carbons (Fsp3) is 0.400. The Kier molecular flexibility index (Phi) is 13.4. The number of alkyl halides is 3. The van der Waals surface area contributed by atoms with Crippen molar-refractivity contribution < 1.29 is 46.6 Å². The van der Waals surface area contributed by atoms with Crippen LogP contribution in [-0.2, 0) is 45.0 Å². The minimum absolute atomic E-state index is 0.00320. The van der Waals surface area contributed by atoms with Crippen molar-refractivity contribution in [3.8, 4) is 0 Å². The Morgan fingerprint density at radius 2 is 1.50 bits per heavy atom. The first kappa shape index (κ1) is 39.8. The van der Waals surface area contributed by atoms with Crippen molar-refractivity contribution in [2.45, 2.75) is 58.0 Å². The van der Waals surface area contributed by atoms with Crippen LogP contribution >= 0.6 is 0 Å². The van der Waals surface area contributed by atoms with Crippen LogP contribution in [-0.4, -0.2) is 69.2 Å². The third-order valence-corrected chi connectivity index (χ3v) is 8.87. The Morgan fingerprint density at radius 3 is 2.08 bits per heavy atom. The summed E-state index contributed by atoms with van der Waals surface area (Å²) in [6.45, 7) is 4.93. The molecule has 2 aromatic carbocycles. The maximum absolute atomic E-state index is 13.9. The van der Waals surface area contributed by atoms with Gasteiger partial charge in [-0.2, -0.15) is 13.2 Å². The smallest absolute Gasteiger partial charge is 0.416 e. The Hall–Kier alpha value is -4.97. The topological polar surface area (TPSA) is 111 Å². The van der Waals surface area contributed by atoms with Crippen LogP contribution in [0.3, 0.4) is 0 Å². The number of nitrogens with one attached hydrogen (secondary N) is 1. The number of rotatable bonds is 14. The zero-order valence-corrected chi connectivity index (χ0v) is 30.1. The predicted octanol–water partition coefficient (Wildman–Crippen LogP) is 6.70. The molecule has 2 aromatic rings. The van der Waals surface area contributed by atoms with Gasteiger partial charge in [-0.15, -0.1) is 0 Å². The van der Waals surface area contributed by atoms with Gasteiger partial charge in [0.25, 0.3) is 5.91 Å². The van der Waals surface area contributed by atoms with Crippen LogP contribution in [0.25, 0.3) is 5.57 Å². The van der Waals surface area contributed by atoms with Gasteiger partial charge < -0.3 is 24.4 Å².